The van der Waals surface area contributed by atoms with E-state index >= 15 is 0 Å². The molecule has 0 N–H and O–H groups in total. The molecule has 4 aromatic heterocycles. The maximum atomic E-state index is 13.1. The van der Waals surface area contributed by atoms with Gasteiger partial charge in [0.2, 0.25) is 10.0 Å². The van der Waals surface area contributed by atoms with Crippen molar-refractivity contribution < 1.29 is 8.42 Å². The first-order valence-electron chi connectivity index (χ1n) is 9.80. The van der Waals surface area contributed by atoms with Crippen molar-refractivity contribution in [1.82, 2.24) is 28.0 Å². The van der Waals surface area contributed by atoms with Gasteiger partial charge in [-0.1, -0.05) is 6.07 Å². The van der Waals surface area contributed by atoms with E-state index in [-0.39, 0.29) is 18.3 Å². The average molecular weight is 427 g/mol. The second kappa shape index (κ2) is 6.78. The lowest BCUT2D eigenvalue weighted by atomic mass is 10.1. The standard InChI is InChI=1S/C20H22N6O3S/c1-23-18-9-8-16(15-12-21-25-11-4-3-7-17(15)25)22-19(18)26(20(23)27)14-6-5-10-24(13-14)30(2,28)29/h3-4,7-9,11-12,14H,5-6,10,13H2,1-2H3/t14-/m0/s1. The maximum absolute atomic E-state index is 13.1. The Hall–Kier alpha value is -2.98. The molecule has 1 fully saturated rings. The molecule has 30 heavy (non-hydrogen) atoms. The lowest BCUT2D eigenvalue weighted by Gasteiger charge is -2.31. The van der Waals surface area contributed by atoms with Crippen molar-refractivity contribution >= 4 is 26.7 Å². The highest BCUT2D eigenvalue weighted by molar-refractivity contribution is 7.88. The van der Waals surface area contributed by atoms with Gasteiger partial charge in [-0.3, -0.25) is 9.13 Å². The molecule has 0 aliphatic carbocycles. The molecular formula is C20H22N6O3S. The van der Waals surface area contributed by atoms with Gasteiger partial charge in [0, 0.05) is 31.9 Å². The first kappa shape index (κ1) is 19.0. The summed E-state index contributed by atoms with van der Waals surface area (Å²) in [5, 5.41) is 4.38. The second-order valence-electron chi connectivity index (χ2n) is 7.76. The highest BCUT2D eigenvalue weighted by Crippen LogP contribution is 2.28. The predicted octanol–water partition coefficient (Wildman–Crippen LogP) is 1.65. The highest BCUT2D eigenvalue weighted by atomic mass is 32.2. The number of aromatic nitrogens is 5. The van der Waals surface area contributed by atoms with Crippen molar-refractivity contribution in [3.8, 4) is 11.3 Å². The number of aryl methyl sites for hydroxylation is 1. The molecule has 5 heterocycles. The molecule has 4 aromatic rings. The summed E-state index contributed by atoms with van der Waals surface area (Å²) in [6, 6.07) is 9.35. The van der Waals surface area contributed by atoms with E-state index in [1.54, 1.807) is 26.9 Å². The van der Waals surface area contributed by atoms with E-state index < -0.39 is 10.0 Å². The van der Waals surface area contributed by atoms with Crippen LogP contribution in [0, 0.1) is 0 Å². The first-order chi connectivity index (χ1) is 14.3. The van der Waals surface area contributed by atoms with Gasteiger partial charge in [-0.25, -0.2) is 27.0 Å². The lowest BCUT2D eigenvalue weighted by molar-refractivity contribution is 0.267. The summed E-state index contributed by atoms with van der Waals surface area (Å²) in [6.45, 7) is 0.760. The Kier molecular flexibility index (Phi) is 4.30. The van der Waals surface area contributed by atoms with E-state index in [1.807, 2.05) is 36.5 Å². The molecule has 0 bridgehead atoms. The number of hydrogen-bond donors (Lipinski definition) is 0. The Morgan fingerprint density at radius 2 is 1.97 bits per heavy atom. The number of sulfonamides is 1. The van der Waals surface area contributed by atoms with Crippen molar-refractivity contribution in [3.63, 3.8) is 0 Å². The van der Waals surface area contributed by atoms with Gasteiger partial charge in [-0.05, 0) is 37.1 Å². The Morgan fingerprint density at radius 3 is 2.77 bits per heavy atom. The van der Waals surface area contributed by atoms with Crippen molar-refractivity contribution in [1.29, 1.82) is 0 Å². The third-order valence-electron chi connectivity index (χ3n) is 5.83. The van der Waals surface area contributed by atoms with Gasteiger partial charge in [0.1, 0.15) is 0 Å². The van der Waals surface area contributed by atoms with Gasteiger partial charge < -0.3 is 0 Å². The number of fused-ring (bicyclic) bond motifs is 2. The van der Waals surface area contributed by atoms with Crippen molar-refractivity contribution in [2.75, 3.05) is 19.3 Å². The summed E-state index contributed by atoms with van der Waals surface area (Å²) in [5.74, 6) is 0. The normalized spacial score (nSPS) is 18.4. The number of hydrogen-bond acceptors (Lipinski definition) is 5. The van der Waals surface area contributed by atoms with Crippen LogP contribution in [0.15, 0.2) is 47.5 Å². The number of piperidine rings is 1. The molecule has 0 aromatic carbocycles. The van der Waals surface area contributed by atoms with E-state index in [4.69, 9.17) is 4.98 Å². The summed E-state index contributed by atoms with van der Waals surface area (Å²) >= 11 is 0. The molecule has 156 valence electrons. The van der Waals surface area contributed by atoms with Gasteiger partial charge in [-0.15, -0.1) is 0 Å². The summed E-state index contributed by atoms with van der Waals surface area (Å²) in [4.78, 5) is 17.9. The number of pyridine rings is 2. The minimum atomic E-state index is -3.31. The first-order valence-corrected chi connectivity index (χ1v) is 11.7. The third-order valence-corrected chi connectivity index (χ3v) is 7.10. The minimum absolute atomic E-state index is 0.185. The monoisotopic (exact) mass is 426 g/mol. The molecular weight excluding hydrogens is 404 g/mol. The molecule has 5 rings (SSSR count). The Morgan fingerprint density at radius 1 is 1.13 bits per heavy atom. The van der Waals surface area contributed by atoms with Crippen LogP contribution >= 0.6 is 0 Å². The van der Waals surface area contributed by atoms with Crippen LogP contribution in [-0.4, -0.2) is 55.8 Å². The molecule has 10 heteroatoms. The third kappa shape index (κ3) is 2.94. The molecule has 1 atom stereocenters. The van der Waals surface area contributed by atoms with Gasteiger partial charge in [0.15, 0.2) is 5.65 Å². The topological polar surface area (TPSA) is 94.5 Å². The van der Waals surface area contributed by atoms with Crippen molar-refractivity contribution in [2.24, 2.45) is 7.05 Å². The fourth-order valence-corrected chi connectivity index (χ4v) is 5.18. The summed E-state index contributed by atoms with van der Waals surface area (Å²) in [6.07, 6.45) is 6.28. The predicted molar refractivity (Wildman–Crippen MR) is 114 cm³/mol. The van der Waals surface area contributed by atoms with Crippen LogP contribution < -0.4 is 5.69 Å². The van der Waals surface area contributed by atoms with E-state index in [9.17, 15) is 13.2 Å². The van der Waals surface area contributed by atoms with Crippen LogP contribution in [-0.2, 0) is 17.1 Å². The molecule has 0 amide bonds. The molecule has 0 saturated carbocycles. The zero-order valence-electron chi connectivity index (χ0n) is 16.8. The second-order valence-corrected chi connectivity index (χ2v) is 9.74. The van der Waals surface area contributed by atoms with Crippen LogP contribution in [0.25, 0.3) is 27.9 Å². The Balaban J connectivity index is 1.66. The van der Waals surface area contributed by atoms with Crippen molar-refractivity contribution in [3.05, 3.63) is 53.2 Å². The fraction of sp³-hybridized carbons (Fsp3) is 0.350. The molecule has 0 radical (unpaired) electrons. The van der Waals surface area contributed by atoms with Gasteiger partial charge >= 0.3 is 5.69 Å². The van der Waals surface area contributed by atoms with Crippen LogP contribution in [0.1, 0.15) is 18.9 Å². The Labute approximate surface area is 173 Å². The van der Waals surface area contributed by atoms with E-state index in [0.717, 1.165) is 28.7 Å². The summed E-state index contributed by atoms with van der Waals surface area (Å²) in [5.41, 5.74) is 3.62. The molecule has 1 aliphatic rings. The maximum Gasteiger partial charge on any atom is 0.330 e. The van der Waals surface area contributed by atoms with E-state index in [1.165, 1.54) is 10.6 Å². The lowest BCUT2D eigenvalue weighted by Crippen LogP contribution is -2.42. The van der Waals surface area contributed by atoms with Gasteiger partial charge in [0.05, 0.1) is 35.2 Å². The minimum Gasteiger partial charge on any atom is -0.293 e. The van der Waals surface area contributed by atoms with Crippen LogP contribution in [0.5, 0.6) is 0 Å². The summed E-state index contributed by atoms with van der Waals surface area (Å²) in [7, 11) is -1.60. The molecule has 1 aliphatic heterocycles. The zero-order valence-corrected chi connectivity index (χ0v) is 17.6. The van der Waals surface area contributed by atoms with Gasteiger partial charge in [-0.2, -0.15) is 5.10 Å². The average Bonchev–Trinajstić information content (AvgIpc) is 3.27. The molecule has 1 saturated heterocycles. The molecule has 0 unspecified atom stereocenters. The molecule has 9 nitrogen and oxygen atoms in total. The number of nitrogens with zero attached hydrogens (tertiary/aromatic N) is 6. The highest BCUT2D eigenvalue weighted by Gasteiger charge is 2.30. The van der Waals surface area contributed by atoms with Crippen LogP contribution in [0.2, 0.25) is 0 Å². The fourth-order valence-electron chi connectivity index (χ4n) is 4.28. The van der Waals surface area contributed by atoms with Crippen molar-refractivity contribution in [2.45, 2.75) is 18.9 Å². The van der Waals surface area contributed by atoms with E-state index in [0.29, 0.717) is 18.6 Å². The SMILES string of the molecule is Cn1c(=O)n([C@H]2CCCN(S(C)(=O)=O)C2)c2nc(-c3cnn4ccccc34)ccc21. The zero-order chi connectivity index (χ0) is 21.0. The van der Waals surface area contributed by atoms with Crippen LogP contribution in [0.3, 0.4) is 0 Å². The van der Waals surface area contributed by atoms with E-state index in [2.05, 4.69) is 5.10 Å². The molecule has 0 spiro atoms. The quantitative estimate of drug-likeness (QED) is 0.496. The van der Waals surface area contributed by atoms with Gasteiger partial charge in [0.25, 0.3) is 0 Å². The van der Waals surface area contributed by atoms with Crippen LogP contribution in [0.4, 0.5) is 0 Å². The number of imidazole rings is 1. The smallest absolute Gasteiger partial charge is 0.293 e. The summed E-state index contributed by atoms with van der Waals surface area (Å²) < 4.78 is 30.6. The Bertz CT molecular complexity index is 1430. The largest absolute Gasteiger partial charge is 0.330 e. The number of rotatable bonds is 3.